The minimum Gasteiger partial charge on any atom is -0.392 e. The van der Waals surface area contributed by atoms with E-state index in [1.165, 1.54) is 6.07 Å². The Morgan fingerprint density at radius 1 is 1.31 bits per heavy atom. The highest BCUT2D eigenvalue weighted by Crippen LogP contribution is 2.10. The first-order valence-electron chi connectivity index (χ1n) is 5.74. The van der Waals surface area contributed by atoms with Crippen molar-refractivity contribution in [2.24, 2.45) is 0 Å². The van der Waals surface area contributed by atoms with Gasteiger partial charge in [0.1, 0.15) is 5.82 Å². The van der Waals surface area contributed by atoms with Crippen LogP contribution in [0.4, 0.5) is 4.39 Å². The SMILES string of the molecule is CC(CCc1ccccc1F)NC[C@H](C)O. The van der Waals surface area contributed by atoms with Gasteiger partial charge in [0.2, 0.25) is 0 Å². The highest BCUT2D eigenvalue weighted by molar-refractivity contribution is 5.17. The summed E-state index contributed by atoms with van der Waals surface area (Å²) in [5, 5.41) is 12.3. The maximum atomic E-state index is 13.3. The number of hydrogen-bond acceptors (Lipinski definition) is 2. The Morgan fingerprint density at radius 2 is 2.00 bits per heavy atom. The largest absolute Gasteiger partial charge is 0.392 e. The summed E-state index contributed by atoms with van der Waals surface area (Å²) in [7, 11) is 0. The average Bonchev–Trinajstić information content (AvgIpc) is 2.25. The van der Waals surface area contributed by atoms with Crippen LogP contribution in [0.2, 0.25) is 0 Å². The van der Waals surface area contributed by atoms with Gasteiger partial charge in [-0.15, -0.1) is 0 Å². The van der Waals surface area contributed by atoms with Gasteiger partial charge in [0.05, 0.1) is 6.10 Å². The topological polar surface area (TPSA) is 32.3 Å². The van der Waals surface area contributed by atoms with Crippen molar-refractivity contribution >= 4 is 0 Å². The van der Waals surface area contributed by atoms with Crippen LogP contribution in [-0.2, 0) is 6.42 Å². The molecule has 0 saturated heterocycles. The van der Waals surface area contributed by atoms with Gasteiger partial charge in [-0.2, -0.15) is 0 Å². The molecule has 0 aliphatic carbocycles. The van der Waals surface area contributed by atoms with Crippen molar-refractivity contribution in [2.45, 2.75) is 38.8 Å². The van der Waals surface area contributed by atoms with Gasteiger partial charge < -0.3 is 10.4 Å². The predicted molar refractivity (Wildman–Crippen MR) is 63.9 cm³/mol. The molecular formula is C13H20FNO. The van der Waals surface area contributed by atoms with Crippen molar-refractivity contribution < 1.29 is 9.50 Å². The Labute approximate surface area is 96.5 Å². The Balaban J connectivity index is 2.31. The molecule has 1 rings (SSSR count). The number of aryl methyl sites for hydroxylation is 1. The molecule has 0 aromatic heterocycles. The number of aliphatic hydroxyl groups is 1. The number of benzene rings is 1. The Morgan fingerprint density at radius 3 is 2.62 bits per heavy atom. The molecule has 90 valence electrons. The lowest BCUT2D eigenvalue weighted by atomic mass is 10.1. The Kier molecular flexibility index (Phi) is 5.43. The molecule has 1 unspecified atom stereocenters. The lowest BCUT2D eigenvalue weighted by Gasteiger charge is -2.15. The van der Waals surface area contributed by atoms with Crippen LogP contribution < -0.4 is 5.32 Å². The van der Waals surface area contributed by atoms with Gasteiger partial charge in [-0.25, -0.2) is 4.39 Å². The van der Waals surface area contributed by atoms with Crippen molar-refractivity contribution in [1.82, 2.24) is 5.32 Å². The summed E-state index contributed by atoms with van der Waals surface area (Å²) < 4.78 is 13.3. The molecule has 0 fully saturated rings. The molecule has 0 saturated carbocycles. The van der Waals surface area contributed by atoms with Crippen LogP contribution >= 0.6 is 0 Å². The third-order valence-electron chi connectivity index (χ3n) is 2.57. The normalized spacial score (nSPS) is 14.8. The standard InChI is InChI=1S/C13H20FNO/c1-10(15-9-11(2)16)7-8-12-5-3-4-6-13(12)14/h3-6,10-11,15-16H,7-9H2,1-2H3/t10?,11-/m0/s1. The number of nitrogens with one attached hydrogen (secondary N) is 1. The van der Waals surface area contributed by atoms with E-state index in [4.69, 9.17) is 5.11 Å². The van der Waals surface area contributed by atoms with Crippen LogP contribution in [0, 0.1) is 5.82 Å². The van der Waals surface area contributed by atoms with Gasteiger partial charge in [0.25, 0.3) is 0 Å². The zero-order valence-electron chi connectivity index (χ0n) is 9.91. The first kappa shape index (κ1) is 13.1. The molecule has 1 aromatic rings. The van der Waals surface area contributed by atoms with Crippen molar-refractivity contribution in [1.29, 1.82) is 0 Å². The molecule has 16 heavy (non-hydrogen) atoms. The number of halogens is 1. The second kappa shape index (κ2) is 6.61. The average molecular weight is 225 g/mol. The molecule has 0 aliphatic heterocycles. The van der Waals surface area contributed by atoms with E-state index >= 15 is 0 Å². The van der Waals surface area contributed by atoms with Crippen LogP contribution in [0.25, 0.3) is 0 Å². The van der Waals surface area contributed by atoms with Crippen molar-refractivity contribution in [3.63, 3.8) is 0 Å². The molecule has 1 aromatic carbocycles. The van der Waals surface area contributed by atoms with Crippen LogP contribution in [-0.4, -0.2) is 23.8 Å². The summed E-state index contributed by atoms with van der Waals surface area (Å²) in [4.78, 5) is 0. The lowest BCUT2D eigenvalue weighted by molar-refractivity contribution is 0.186. The molecule has 2 N–H and O–H groups in total. The fraction of sp³-hybridized carbons (Fsp3) is 0.538. The first-order chi connectivity index (χ1) is 7.59. The van der Waals surface area contributed by atoms with Gasteiger partial charge in [-0.3, -0.25) is 0 Å². The quantitative estimate of drug-likeness (QED) is 0.777. The van der Waals surface area contributed by atoms with E-state index in [0.29, 0.717) is 6.54 Å². The summed E-state index contributed by atoms with van der Waals surface area (Å²) >= 11 is 0. The maximum Gasteiger partial charge on any atom is 0.126 e. The van der Waals surface area contributed by atoms with Crippen LogP contribution in [0.3, 0.4) is 0 Å². The van der Waals surface area contributed by atoms with Gasteiger partial charge in [0, 0.05) is 12.6 Å². The zero-order chi connectivity index (χ0) is 12.0. The molecule has 0 aliphatic rings. The van der Waals surface area contributed by atoms with E-state index in [9.17, 15) is 4.39 Å². The van der Waals surface area contributed by atoms with Gasteiger partial charge in [-0.1, -0.05) is 18.2 Å². The van der Waals surface area contributed by atoms with E-state index in [1.54, 1.807) is 13.0 Å². The number of rotatable bonds is 6. The summed E-state index contributed by atoms with van der Waals surface area (Å²) in [5.41, 5.74) is 0.758. The lowest BCUT2D eigenvalue weighted by Crippen LogP contribution is -2.32. The van der Waals surface area contributed by atoms with Crippen LogP contribution in [0.5, 0.6) is 0 Å². The molecule has 0 amide bonds. The molecule has 3 heteroatoms. The monoisotopic (exact) mass is 225 g/mol. The van der Waals surface area contributed by atoms with E-state index in [-0.39, 0.29) is 18.0 Å². The number of aliphatic hydroxyl groups excluding tert-OH is 1. The third kappa shape index (κ3) is 4.73. The van der Waals surface area contributed by atoms with E-state index < -0.39 is 0 Å². The molecule has 2 atom stereocenters. The summed E-state index contributed by atoms with van der Waals surface area (Å²) in [6.07, 6.45) is 1.25. The van der Waals surface area contributed by atoms with Crippen molar-refractivity contribution in [2.75, 3.05) is 6.54 Å². The Hall–Kier alpha value is -0.930. The Bertz CT molecular complexity index is 315. The smallest absolute Gasteiger partial charge is 0.126 e. The van der Waals surface area contributed by atoms with Gasteiger partial charge >= 0.3 is 0 Å². The van der Waals surface area contributed by atoms with Crippen molar-refractivity contribution in [3.05, 3.63) is 35.6 Å². The zero-order valence-corrected chi connectivity index (χ0v) is 9.91. The van der Waals surface area contributed by atoms with Crippen LogP contribution in [0.15, 0.2) is 24.3 Å². The summed E-state index contributed by atoms with van der Waals surface area (Å²) in [6, 6.07) is 7.15. The molecule has 0 bridgehead atoms. The molecule has 0 heterocycles. The van der Waals surface area contributed by atoms with E-state index in [1.807, 2.05) is 19.1 Å². The first-order valence-corrected chi connectivity index (χ1v) is 5.74. The second-order valence-electron chi connectivity index (χ2n) is 4.29. The third-order valence-corrected chi connectivity index (χ3v) is 2.57. The van der Waals surface area contributed by atoms with E-state index in [0.717, 1.165) is 18.4 Å². The molecule has 2 nitrogen and oxygen atoms in total. The summed E-state index contributed by atoms with van der Waals surface area (Å²) in [5.74, 6) is -0.134. The fourth-order valence-electron chi connectivity index (χ4n) is 1.55. The maximum absolute atomic E-state index is 13.3. The molecular weight excluding hydrogens is 205 g/mol. The highest BCUT2D eigenvalue weighted by Gasteiger charge is 2.05. The van der Waals surface area contributed by atoms with Gasteiger partial charge in [-0.05, 0) is 38.3 Å². The minimum absolute atomic E-state index is 0.134. The molecule has 0 spiro atoms. The predicted octanol–water partition coefficient (Wildman–Crippen LogP) is 2.12. The minimum atomic E-state index is -0.337. The van der Waals surface area contributed by atoms with Crippen LogP contribution in [0.1, 0.15) is 25.8 Å². The fourth-order valence-corrected chi connectivity index (χ4v) is 1.55. The summed E-state index contributed by atoms with van der Waals surface area (Å²) in [6.45, 7) is 4.37. The van der Waals surface area contributed by atoms with Crippen molar-refractivity contribution in [3.8, 4) is 0 Å². The van der Waals surface area contributed by atoms with E-state index in [2.05, 4.69) is 5.32 Å². The second-order valence-corrected chi connectivity index (χ2v) is 4.29. The highest BCUT2D eigenvalue weighted by atomic mass is 19.1. The number of hydrogen-bond donors (Lipinski definition) is 2. The molecule has 0 radical (unpaired) electrons. The van der Waals surface area contributed by atoms with Gasteiger partial charge in [0.15, 0.2) is 0 Å².